The molecule has 0 aliphatic rings. The van der Waals surface area contributed by atoms with Gasteiger partial charge in [-0.3, -0.25) is 0 Å². The lowest BCUT2D eigenvalue weighted by atomic mass is 10.2. The van der Waals surface area contributed by atoms with Crippen LogP contribution in [0.4, 0.5) is 5.82 Å². The summed E-state index contributed by atoms with van der Waals surface area (Å²) in [4.78, 5) is 8.58. The van der Waals surface area contributed by atoms with Gasteiger partial charge in [-0.1, -0.05) is 30.3 Å². The van der Waals surface area contributed by atoms with Crippen molar-refractivity contribution in [3.8, 4) is 11.5 Å². The van der Waals surface area contributed by atoms with Crippen molar-refractivity contribution < 1.29 is 9.47 Å². The fourth-order valence-corrected chi connectivity index (χ4v) is 2.95. The van der Waals surface area contributed by atoms with Crippen molar-refractivity contribution in [2.45, 2.75) is 20.5 Å². The van der Waals surface area contributed by atoms with Crippen LogP contribution in [-0.2, 0) is 6.61 Å². The minimum absolute atomic E-state index is 0.515. The standard InChI is InChI=1S/C22H23N5O2/c1-16-17(2)26-22-24-15-25-27(22)21(16)23-12-13-28-19-8-10-20(11-9-19)29-14-18-6-4-3-5-7-18/h3-11,15,23H,12-14H2,1-2H3. The summed E-state index contributed by atoms with van der Waals surface area (Å²) in [5, 5.41) is 7.61. The molecule has 0 amide bonds. The molecule has 4 rings (SSSR count). The highest BCUT2D eigenvalue weighted by atomic mass is 16.5. The number of nitrogens with zero attached hydrogens (tertiary/aromatic N) is 4. The van der Waals surface area contributed by atoms with Crippen molar-refractivity contribution in [3.63, 3.8) is 0 Å². The van der Waals surface area contributed by atoms with Gasteiger partial charge in [0, 0.05) is 11.3 Å². The predicted octanol–water partition coefficient (Wildman–Crippen LogP) is 3.81. The maximum Gasteiger partial charge on any atom is 0.254 e. The van der Waals surface area contributed by atoms with Crippen LogP contribution in [-0.4, -0.2) is 32.7 Å². The topological polar surface area (TPSA) is 73.6 Å². The van der Waals surface area contributed by atoms with Gasteiger partial charge < -0.3 is 14.8 Å². The van der Waals surface area contributed by atoms with E-state index in [2.05, 4.69) is 20.4 Å². The average Bonchev–Trinajstić information content (AvgIpc) is 3.21. The lowest BCUT2D eigenvalue weighted by molar-refractivity contribution is 0.303. The van der Waals surface area contributed by atoms with Crippen LogP contribution < -0.4 is 14.8 Å². The summed E-state index contributed by atoms with van der Waals surface area (Å²) in [7, 11) is 0. The van der Waals surface area contributed by atoms with E-state index in [1.165, 1.54) is 6.33 Å². The smallest absolute Gasteiger partial charge is 0.254 e. The molecule has 0 unspecified atom stereocenters. The SMILES string of the molecule is Cc1nc2ncnn2c(NCCOc2ccc(OCc3ccccc3)cc2)c1C. The lowest BCUT2D eigenvalue weighted by Crippen LogP contribution is -2.16. The molecule has 0 saturated heterocycles. The summed E-state index contributed by atoms with van der Waals surface area (Å²) in [6, 6.07) is 17.8. The Labute approximate surface area is 169 Å². The van der Waals surface area contributed by atoms with E-state index in [9.17, 15) is 0 Å². The van der Waals surface area contributed by atoms with Gasteiger partial charge >= 0.3 is 0 Å². The van der Waals surface area contributed by atoms with Crippen molar-refractivity contribution in [3.05, 3.63) is 77.7 Å². The van der Waals surface area contributed by atoms with Crippen LogP contribution in [0, 0.1) is 13.8 Å². The Hall–Kier alpha value is -3.61. The maximum atomic E-state index is 5.83. The highest BCUT2D eigenvalue weighted by molar-refractivity contribution is 5.51. The summed E-state index contributed by atoms with van der Waals surface area (Å²) in [6.07, 6.45) is 1.50. The van der Waals surface area contributed by atoms with E-state index in [0.29, 0.717) is 25.5 Å². The highest BCUT2D eigenvalue weighted by Crippen LogP contribution is 2.20. The van der Waals surface area contributed by atoms with Crippen LogP contribution in [0.2, 0.25) is 0 Å². The number of hydrogen-bond donors (Lipinski definition) is 1. The third kappa shape index (κ3) is 4.45. The normalized spacial score (nSPS) is 10.8. The first-order valence-electron chi connectivity index (χ1n) is 9.51. The first-order valence-corrected chi connectivity index (χ1v) is 9.51. The second kappa shape index (κ2) is 8.60. The number of anilines is 1. The Morgan fingerprint density at radius 3 is 2.41 bits per heavy atom. The van der Waals surface area contributed by atoms with Gasteiger partial charge in [0.25, 0.3) is 5.78 Å². The van der Waals surface area contributed by atoms with E-state index in [1.807, 2.05) is 68.4 Å². The Kier molecular flexibility index (Phi) is 5.56. The largest absolute Gasteiger partial charge is 0.492 e. The predicted molar refractivity (Wildman–Crippen MR) is 111 cm³/mol. The molecule has 148 valence electrons. The van der Waals surface area contributed by atoms with Gasteiger partial charge in [0.2, 0.25) is 0 Å². The van der Waals surface area contributed by atoms with E-state index in [4.69, 9.17) is 9.47 Å². The zero-order valence-corrected chi connectivity index (χ0v) is 16.5. The first kappa shape index (κ1) is 18.7. The Morgan fingerprint density at radius 2 is 1.66 bits per heavy atom. The molecule has 0 aliphatic heterocycles. The number of aromatic nitrogens is 4. The number of aryl methyl sites for hydroxylation is 1. The molecule has 2 aromatic heterocycles. The fourth-order valence-electron chi connectivity index (χ4n) is 2.95. The average molecular weight is 389 g/mol. The van der Waals surface area contributed by atoms with Crippen molar-refractivity contribution >= 4 is 11.6 Å². The summed E-state index contributed by atoms with van der Waals surface area (Å²) >= 11 is 0. The second-order valence-corrected chi connectivity index (χ2v) is 6.66. The number of ether oxygens (including phenoxy) is 2. The molecule has 0 aliphatic carbocycles. The fraction of sp³-hybridized carbons (Fsp3) is 0.227. The summed E-state index contributed by atoms with van der Waals surface area (Å²) in [6.45, 7) is 5.67. The van der Waals surface area contributed by atoms with Gasteiger partial charge in [0.05, 0.1) is 6.54 Å². The molecule has 1 N–H and O–H groups in total. The molecule has 0 saturated carbocycles. The van der Waals surface area contributed by atoms with Gasteiger partial charge in [0.1, 0.15) is 36.9 Å². The molecular formula is C22H23N5O2. The third-order valence-electron chi connectivity index (χ3n) is 4.64. The van der Waals surface area contributed by atoms with E-state index in [1.54, 1.807) is 4.52 Å². The number of rotatable bonds is 8. The quantitative estimate of drug-likeness (QED) is 0.462. The zero-order valence-electron chi connectivity index (χ0n) is 16.5. The van der Waals surface area contributed by atoms with E-state index < -0.39 is 0 Å². The third-order valence-corrected chi connectivity index (χ3v) is 4.64. The number of nitrogens with one attached hydrogen (secondary N) is 1. The van der Waals surface area contributed by atoms with Crippen LogP contribution in [0.5, 0.6) is 11.5 Å². The molecule has 4 aromatic rings. The second-order valence-electron chi connectivity index (χ2n) is 6.66. The van der Waals surface area contributed by atoms with Gasteiger partial charge in [-0.15, -0.1) is 0 Å². The summed E-state index contributed by atoms with van der Waals surface area (Å²) in [5.41, 5.74) is 3.12. The van der Waals surface area contributed by atoms with Crippen molar-refractivity contribution in [1.29, 1.82) is 0 Å². The van der Waals surface area contributed by atoms with Crippen molar-refractivity contribution in [2.75, 3.05) is 18.5 Å². The van der Waals surface area contributed by atoms with Crippen molar-refractivity contribution in [2.24, 2.45) is 0 Å². The van der Waals surface area contributed by atoms with Crippen LogP contribution in [0.3, 0.4) is 0 Å². The van der Waals surface area contributed by atoms with Gasteiger partial charge in [-0.2, -0.15) is 14.6 Å². The van der Waals surface area contributed by atoms with E-state index >= 15 is 0 Å². The van der Waals surface area contributed by atoms with Gasteiger partial charge in [-0.05, 0) is 43.7 Å². The van der Waals surface area contributed by atoms with Gasteiger partial charge in [-0.25, -0.2) is 4.98 Å². The molecule has 7 nitrogen and oxygen atoms in total. The molecule has 0 radical (unpaired) electrons. The molecular weight excluding hydrogens is 366 g/mol. The minimum Gasteiger partial charge on any atom is -0.492 e. The molecule has 0 spiro atoms. The van der Waals surface area contributed by atoms with Crippen LogP contribution in [0.15, 0.2) is 60.9 Å². The van der Waals surface area contributed by atoms with E-state index in [0.717, 1.165) is 34.1 Å². The molecule has 0 fully saturated rings. The zero-order chi connectivity index (χ0) is 20.1. The van der Waals surface area contributed by atoms with Crippen LogP contribution in [0.1, 0.15) is 16.8 Å². The highest BCUT2D eigenvalue weighted by Gasteiger charge is 2.10. The van der Waals surface area contributed by atoms with Crippen molar-refractivity contribution in [1.82, 2.24) is 19.6 Å². The Bertz CT molecular complexity index is 1080. The molecule has 2 aromatic carbocycles. The van der Waals surface area contributed by atoms with Gasteiger partial charge in [0.15, 0.2) is 0 Å². The first-order chi connectivity index (χ1) is 14.2. The summed E-state index contributed by atoms with van der Waals surface area (Å²) < 4.78 is 13.3. The monoisotopic (exact) mass is 389 g/mol. The Balaban J connectivity index is 1.28. The molecule has 0 atom stereocenters. The molecule has 29 heavy (non-hydrogen) atoms. The summed E-state index contributed by atoms with van der Waals surface area (Å²) in [5.74, 6) is 3.09. The maximum absolute atomic E-state index is 5.83. The van der Waals surface area contributed by atoms with E-state index in [-0.39, 0.29) is 0 Å². The van der Waals surface area contributed by atoms with Crippen LogP contribution in [0.25, 0.3) is 5.78 Å². The molecule has 0 bridgehead atoms. The lowest BCUT2D eigenvalue weighted by Gasteiger charge is -2.13. The number of fused-ring (bicyclic) bond motifs is 1. The molecule has 2 heterocycles. The number of benzene rings is 2. The minimum atomic E-state index is 0.515. The van der Waals surface area contributed by atoms with Crippen LogP contribution >= 0.6 is 0 Å². The number of hydrogen-bond acceptors (Lipinski definition) is 6. The Morgan fingerprint density at radius 1 is 0.931 bits per heavy atom. The molecule has 7 heteroatoms.